The van der Waals surface area contributed by atoms with Crippen molar-refractivity contribution < 1.29 is 9.59 Å². The first-order chi connectivity index (χ1) is 6.65. The van der Waals surface area contributed by atoms with Gasteiger partial charge in [0, 0.05) is 6.54 Å². The molecule has 0 bridgehead atoms. The van der Waals surface area contributed by atoms with Gasteiger partial charge in [0.25, 0.3) is 0 Å². The Morgan fingerprint density at radius 3 is 2.50 bits per heavy atom. The number of imide groups is 1. The number of nitrogens with one attached hydrogen (secondary N) is 1. The van der Waals surface area contributed by atoms with Gasteiger partial charge in [-0.05, 0) is 19.5 Å². The summed E-state index contributed by atoms with van der Waals surface area (Å²) in [7, 11) is 1.87. The molecule has 2 amide bonds. The largest absolute Gasteiger partial charge is 0.319 e. The molecule has 1 N–H and O–H groups in total. The lowest BCUT2D eigenvalue weighted by Crippen LogP contribution is -2.46. The fourth-order valence-corrected chi connectivity index (χ4v) is 2.21. The van der Waals surface area contributed by atoms with E-state index in [1.54, 1.807) is 0 Å². The Hall–Kier alpha value is -0.550. The molecule has 0 spiro atoms. The first-order valence-corrected chi connectivity index (χ1v) is 5.86. The fraction of sp³-hybridized carbons (Fsp3) is 0.778. The topological polar surface area (TPSA) is 49.4 Å². The lowest BCUT2D eigenvalue weighted by molar-refractivity contribution is -0.142. The van der Waals surface area contributed by atoms with Gasteiger partial charge >= 0.3 is 0 Å². The summed E-state index contributed by atoms with van der Waals surface area (Å²) in [5, 5.41) is 3.03. The third-order valence-corrected chi connectivity index (χ3v) is 3.00. The van der Waals surface area contributed by atoms with Crippen LogP contribution in [0.1, 0.15) is 6.92 Å². The van der Waals surface area contributed by atoms with Gasteiger partial charge in [-0.15, -0.1) is 11.8 Å². The minimum atomic E-state index is -0.0470. The highest BCUT2D eigenvalue weighted by atomic mass is 32.2. The number of carbonyl (C=O) groups is 2. The van der Waals surface area contributed by atoms with Crippen LogP contribution in [0.25, 0.3) is 0 Å². The molecule has 80 valence electrons. The molecule has 0 radical (unpaired) electrons. The molecule has 0 aromatic carbocycles. The lowest BCUT2D eigenvalue weighted by atomic mass is 10.1. The predicted molar refractivity (Wildman–Crippen MR) is 57.1 cm³/mol. The molecular formula is C9H16N2O2S. The van der Waals surface area contributed by atoms with Crippen LogP contribution < -0.4 is 5.32 Å². The molecule has 1 saturated heterocycles. The van der Waals surface area contributed by atoms with Gasteiger partial charge in [-0.2, -0.15) is 0 Å². The van der Waals surface area contributed by atoms with Gasteiger partial charge in [0.05, 0.1) is 11.5 Å². The van der Waals surface area contributed by atoms with Crippen molar-refractivity contribution >= 4 is 23.6 Å². The summed E-state index contributed by atoms with van der Waals surface area (Å²) >= 11 is 1.40. The van der Waals surface area contributed by atoms with Gasteiger partial charge < -0.3 is 5.32 Å². The molecule has 1 rings (SSSR count). The number of hydrogen-bond acceptors (Lipinski definition) is 4. The second-order valence-electron chi connectivity index (χ2n) is 3.55. The molecule has 14 heavy (non-hydrogen) atoms. The average Bonchev–Trinajstić information content (AvgIpc) is 2.12. The van der Waals surface area contributed by atoms with Crippen LogP contribution in [-0.2, 0) is 9.59 Å². The van der Waals surface area contributed by atoms with Crippen molar-refractivity contribution in [3.8, 4) is 0 Å². The van der Waals surface area contributed by atoms with Gasteiger partial charge in [-0.25, -0.2) is 0 Å². The minimum Gasteiger partial charge on any atom is -0.319 e. The van der Waals surface area contributed by atoms with Crippen molar-refractivity contribution in [3.63, 3.8) is 0 Å². The summed E-state index contributed by atoms with van der Waals surface area (Å²) in [6.45, 7) is 3.39. The Morgan fingerprint density at radius 2 is 2.00 bits per heavy atom. The number of amides is 2. The number of thioether (sulfide) groups is 1. The molecule has 0 aromatic rings. The van der Waals surface area contributed by atoms with Crippen molar-refractivity contribution in [3.05, 3.63) is 0 Å². The van der Waals surface area contributed by atoms with Crippen LogP contribution in [0.15, 0.2) is 0 Å². The third kappa shape index (κ3) is 2.99. The predicted octanol–water partition coefficient (Wildman–Crippen LogP) is -0.0561. The maximum atomic E-state index is 11.4. The molecule has 4 nitrogen and oxygen atoms in total. The number of carbonyl (C=O) groups excluding carboxylic acids is 2. The Labute approximate surface area is 88.4 Å². The summed E-state index contributed by atoms with van der Waals surface area (Å²) in [4.78, 5) is 24.2. The summed E-state index contributed by atoms with van der Waals surface area (Å²) in [6.07, 6.45) is 0. The zero-order chi connectivity index (χ0) is 10.6. The van der Waals surface area contributed by atoms with Crippen LogP contribution in [0.2, 0.25) is 0 Å². The zero-order valence-electron chi connectivity index (χ0n) is 8.58. The molecule has 1 unspecified atom stereocenters. The highest BCUT2D eigenvalue weighted by Gasteiger charge is 2.27. The lowest BCUT2D eigenvalue weighted by Gasteiger charge is -2.27. The third-order valence-electron chi connectivity index (χ3n) is 2.10. The molecule has 1 fully saturated rings. The number of rotatable bonds is 4. The van der Waals surface area contributed by atoms with Crippen LogP contribution in [0.5, 0.6) is 0 Å². The molecular weight excluding hydrogens is 200 g/mol. The molecule has 5 heteroatoms. The molecule has 0 aliphatic carbocycles. The Kier molecular flexibility index (Phi) is 4.41. The van der Waals surface area contributed by atoms with Crippen LogP contribution in [0, 0.1) is 5.92 Å². The van der Waals surface area contributed by atoms with Gasteiger partial charge in [0.1, 0.15) is 0 Å². The van der Waals surface area contributed by atoms with Crippen LogP contribution in [0.3, 0.4) is 0 Å². The highest BCUT2D eigenvalue weighted by Crippen LogP contribution is 2.13. The summed E-state index contributed by atoms with van der Waals surface area (Å²) in [5.41, 5.74) is 0. The maximum Gasteiger partial charge on any atom is 0.239 e. The van der Waals surface area contributed by atoms with Crippen molar-refractivity contribution in [2.45, 2.75) is 6.92 Å². The molecule has 0 aromatic heterocycles. The number of nitrogens with zero attached hydrogens (tertiary/aromatic N) is 1. The van der Waals surface area contributed by atoms with Crippen LogP contribution in [-0.4, -0.2) is 48.4 Å². The Balaban J connectivity index is 2.47. The van der Waals surface area contributed by atoms with E-state index in [2.05, 4.69) is 5.32 Å². The summed E-state index contributed by atoms with van der Waals surface area (Å²) < 4.78 is 0. The van der Waals surface area contributed by atoms with Crippen LogP contribution >= 0.6 is 11.8 Å². The fourth-order valence-electron chi connectivity index (χ4n) is 1.45. The van der Waals surface area contributed by atoms with E-state index in [1.165, 1.54) is 16.7 Å². The molecule has 1 aliphatic rings. The van der Waals surface area contributed by atoms with Crippen molar-refractivity contribution in [2.24, 2.45) is 5.92 Å². The second kappa shape index (κ2) is 5.36. The van der Waals surface area contributed by atoms with Gasteiger partial charge in [0.15, 0.2) is 0 Å². The van der Waals surface area contributed by atoms with E-state index in [9.17, 15) is 9.59 Å². The first-order valence-electron chi connectivity index (χ1n) is 4.70. The van der Waals surface area contributed by atoms with Gasteiger partial charge in [-0.3, -0.25) is 14.5 Å². The van der Waals surface area contributed by atoms with E-state index >= 15 is 0 Å². The van der Waals surface area contributed by atoms with Gasteiger partial charge in [0.2, 0.25) is 11.8 Å². The summed E-state index contributed by atoms with van der Waals surface area (Å²) in [5.74, 6) is 1.11. The van der Waals surface area contributed by atoms with Crippen molar-refractivity contribution in [1.82, 2.24) is 10.2 Å². The summed E-state index contributed by atoms with van der Waals surface area (Å²) in [6, 6.07) is 0. The Morgan fingerprint density at radius 1 is 1.43 bits per heavy atom. The van der Waals surface area contributed by atoms with E-state index in [0.717, 1.165) is 6.54 Å². The van der Waals surface area contributed by atoms with E-state index < -0.39 is 0 Å². The molecule has 1 atom stereocenters. The minimum absolute atomic E-state index is 0.0470. The van der Waals surface area contributed by atoms with Crippen LogP contribution in [0.4, 0.5) is 0 Å². The quantitative estimate of drug-likeness (QED) is 0.669. The van der Waals surface area contributed by atoms with Crippen molar-refractivity contribution in [1.29, 1.82) is 0 Å². The van der Waals surface area contributed by atoms with E-state index in [0.29, 0.717) is 24.0 Å². The molecule has 1 aliphatic heterocycles. The number of hydrogen-bond donors (Lipinski definition) is 1. The van der Waals surface area contributed by atoms with Crippen molar-refractivity contribution in [2.75, 3.05) is 31.6 Å². The van der Waals surface area contributed by atoms with E-state index in [4.69, 9.17) is 0 Å². The standard InChI is InChI=1S/C9H16N2O2S/c1-7(3-10-2)4-11-8(12)5-14-6-9(11)13/h7,10H,3-6H2,1-2H3. The van der Waals surface area contributed by atoms with Gasteiger partial charge in [-0.1, -0.05) is 6.92 Å². The maximum absolute atomic E-state index is 11.4. The average molecular weight is 216 g/mol. The highest BCUT2D eigenvalue weighted by molar-refractivity contribution is 8.00. The normalized spacial score (nSPS) is 20.0. The monoisotopic (exact) mass is 216 g/mol. The second-order valence-corrected chi connectivity index (χ2v) is 4.54. The SMILES string of the molecule is CNCC(C)CN1C(=O)CSCC1=O. The Bertz CT molecular complexity index is 217. The van der Waals surface area contributed by atoms with E-state index in [-0.39, 0.29) is 11.8 Å². The molecule has 1 heterocycles. The van der Waals surface area contributed by atoms with E-state index in [1.807, 2.05) is 14.0 Å². The first kappa shape index (κ1) is 11.5. The molecule has 0 saturated carbocycles. The smallest absolute Gasteiger partial charge is 0.239 e. The zero-order valence-corrected chi connectivity index (χ0v) is 9.39.